The number of fused-ring (bicyclic) bond motifs is 1. The lowest BCUT2D eigenvalue weighted by Gasteiger charge is -2.36. The summed E-state index contributed by atoms with van der Waals surface area (Å²) in [7, 11) is 0. The first-order valence-electron chi connectivity index (χ1n) is 8.66. The van der Waals surface area contributed by atoms with E-state index in [-0.39, 0.29) is 16.5 Å². The van der Waals surface area contributed by atoms with E-state index in [2.05, 4.69) is 9.88 Å². The topological polar surface area (TPSA) is 79.6 Å². The predicted octanol–water partition coefficient (Wildman–Crippen LogP) is 3.48. The van der Waals surface area contributed by atoms with Gasteiger partial charge in [0, 0.05) is 60.6 Å². The minimum absolute atomic E-state index is 0.0590. The van der Waals surface area contributed by atoms with E-state index in [1.54, 1.807) is 12.3 Å². The number of non-ortho nitro benzene ring substituents is 1. The molecule has 0 bridgehead atoms. The summed E-state index contributed by atoms with van der Waals surface area (Å²) >= 11 is 1.52. The predicted molar refractivity (Wildman–Crippen MR) is 106 cm³/mol. The van der Waals surface area contributed by atoms with Crippen molar-refractivity contribution in [1.29, 1.82) is 0 Å². The van der Waals surface area contributed by atoms with Gasteiger partial charge in [0.05, 0.1) is 15.2 Å². The van der Waals surface area contributed by atoms with E-state index in [1.165, 1.54) is 23.6 Å². The van der Waals surface area contributed by atoms with Crippen molar-refractivity contribution in [2.45, 2.75) is 6.92 Å². The number of hydrogen-bond acceptors (Lipinski definition) is 6. The lowest BCUT2D eigenvalue weighted by molar-refractivity contribution is -0.383. The summed E-state index contributed by atoms with van der Waals surface area (Å²) in [5.74, 6) is 0.0745. The molecule has 7 nitrogen and oxygen atoms in total. The largest absolute Gasteiger partial charge is 0.367 e. The number of benzene rings is 1. The van der Waals surface area contributed by atoms with E-state index in [0.29, 0.717) is 31.6 Å². The average molecular weight is 382 g/mol. The smallest absolute Gasteiger partial charge is 0.278 e. The second kappa shape index (κ2) is 6.96. The Morgan fingerprint density at radius 2 is 1.89 bits per heavy atom. The van der Waals surface area contributed by atoms with Crippen LogP contribution in [-0.4, -0.2) is 46.9 Å². The molecule has 1 aromatic carbocycles. The van der Waals surface area contributed by atoms with Gasteiger partial charge in [0.2, 0.25) is 0 Å². The van der Waals surface area contributed by atoms with E-state index >= 15 is 0 Å². The first-order valence-corrected chi connectivity index (χ1v) is 9.48. The maximum Gasteiger partial charge on any atom is 0.278 e. The lowest BCUT2D eigenvalue weighted by atomic mass is 10.1. The number of nitro groups is 1. The maximum absolute atomic E-state index is 12.6. The Labute approximate surface area is 160 Å². The molecule has 1 amide bonds. The van der Waals surface area contributed by atoms with Crippen LogP contribution in [0.2, 0.25) is 0 Å². The van der Waals surface area contributed by atoms with Crippen LogP contribution in [0.25, 0.3) is 10.8 Å². The van der Waals surface area contributed by atoms with Crippen LogP contribution in [0.15, 0.2) is 42.7 Å². The fourth-order valence-electron chi connectivity index (χ4n) is 3.45. The molecule has 0 radical (unpaired) electrons. The van der Waals surface area contributed by atoms with Crippen LogP contribution in [0.3, 0.4) is 0 Å². The molecule has 3 heterocycles. The highest BCUT2D eigenvalue weighted by Gasteiger charge is 2.25. The molecule has 138 valence electrons. The number of rotatable bonds is 3. The molecule has 0 saturated carbocycles. The third-order valence-corrected chi connectivity index (χ3v) is 5.82. The molecule has 0 unspecified atom stereocenters. The van der Waals surface area contributed by atoms with Crippen LogP contribution in [0.1, 0.15) is 14.5 Å². The second-order valence-electron chi connectivity index (χ2n) is 6.47. The van der Waals surface area contributed by atoms with Crippen molar-refractivity contribution >= 4 is 39.4 Å². The van der Waals surface area contributed by atoms with Gasteiger partial charge in [0.1, 0.15) is 0 Å². The van der Waals surface area contributed by atoms with Crippen molar-refractivity contribution in [2.75, 3.05) is 31.1 Å². The third kappa shape index (κ3) is 3.23. The van der Waals surface area contributed by atoms with Gasteiger partial charge in [0.15, 0.2) is 0 Å². The van der Waals surface area contributed by atoms with E-state index in [9.17, 15) is 14.9 Å². The molecule has 0 N–H and O–H groups in total. The molecule has 4 rings (SSSR count). The van der Waals surface area contributed by atoms with Gasteiger partial charge >= 0.3 is 0 Å². The van der Waals surface area contributed by atoms with Crippen molar-refractivity contribution in [3.63, 3.8) is 0 Å². The van der Waals surface area contributed by atoms with Crippen molar-refractivity contribution in [1.82, 2.24) is 9.88 Å². The molecule has 1 saturated heterocycles. The summed E-state index contributed by atoms with van der Waals surface area (Å²) in [6.45, 7) is 4.61. The molecule has 3 aromatic rings. The van der Waals surface area contributed by atoms with Crippen LogP contribution >= 0.6 is 11.3 Å². The molecule has 1 aliphatic rings. The Morgan fingerprint density at radius 1 is 1.11 bits per heavy atom. The van der Waals surface area contributed by atoms with Crippen LogP contribution in [0.5, 0.6) is 0 Å². The van der Waals surface area contributed by atoms with E-state index < -0.39 is 0 Å². The van der Waals surface area contributed by atoms with Crippen molar-refractivity contribution in [2.24, 2.45) is 0 Å². The Bertz CT molecular complexity index is 1020. The van der Waals surface area contributed by atoms with Crippen molar-refractivity contribution in [3.8, 4) is 0 Å². The van der Waals surface area contributed by atoms with Crippen LogP contribution in [0.4, 0.5) is 11.4 Å². The second-order valence-corrected chi connectivity index (χ2v) is 7.76. The molecule has 8 heteroatoms. The first kappa shape index (κ1) is 17.4. The van der Waals surface area contributed by atoms with Crippen LogP contribution in [0, 0.1) is 17.0 Å². The number of pyridine rings is 1. The number of hydrogen-bond donors (Lipinski definition) is 0. The van der Waals surface area contributed by atoms with Crippen LogP contribution < -0.4 is 4.90 Å². The summed E-state index contributed by atoms with van der Waals surface area (Å²) in [4.78, 5) is 33.5. The minimum atomic E-state index is -0.382. The molecular formula is C19H18N4O3S. The maximum atomic E-state index is 12.6. The Kier molecular flexibility index (Phi) is 4.49. The van der Waals surface area contributed by atoms with Gasteiger partial charge < -0.3 is 9.80 Å². The quantitative estimate of drug-likeness (QED) is 0.512. The highest BCUT2D eigenvalue weighted by molar-refractivity contribution is 7.13. The number of piperazine rings is 1. The molecule has 27 heavy (non-hydrogen) atoms. The summed E-state index contributed by atoms with van der Waals surface area (Å²) < 4.78 is 0. The van der Waals surface area contributed by atoms with E-state index in [0.717, 1.165) is 20.8 Å². The minimum Gasteiger partial charge on any atom is -0.367 e. The summed E-state index contributed by atoms with van der Waals surface area (Å²) in [5, 5.41) is 12.6. The Morgan fingerprint density at radius 3 is 2.56 bits per heavy atom. The zero-order valence-corrected chi connectivity index (χ0v) is 15.6. The van der Waals surface area contributed by atoms with Gasteiger partial charge in [-0.1, -0.05) is 0 Å². The molecule has 1 fully saturated rings. The normalized spacial score (nSPS) is 14.6. The molecule has 0 aliphatic carbocycles. The van der Waals surface area contributed by atoms with Crippen LogP contribution in [-0.2, 0) is 0 Å². The van der Waals surface area contributed by atoms with Gasteiger partial charge in [-0.05, 0) is 31.2 Å². The summed E-state index contributed by atoms with van der Waals surface area (Å²) in [6.07, 6.45) is 3.18. The highest BCUT2D eigenvalue weighted by Crippen LogP contribution is 2.33. The monoisotopic (exact) mass is 382 g/mol. The third-order valence-electron chi connectivity index (χ3n) is 4.83. The van der Waals surface area contributed by atoms with E-state index in [1.807, 2.05) is 30.0 Å². The average Bonchev–Trinajstić information content (AvgIpc) is 3.13. The molecular weight excluding hydrogens is 364 g/mol. The lowest BCUT2D eigenvalue weighted by Crippen LogP contribution is -2.48. The Hall–Kier alpha value is -3.00. The summed E-state index contributed by atoms with van der Waals surface area (Å²) in [5.41, 5.74) is 1.00. The highest BCUT2D eigenvalue weighted by atomic mass is 32.1. The zero-order chi connectivity index (χ0) is 19.0. The van der Waals surface area contributed by atoms with Gasteiger partial charge in [0.25, 0.3) is 11.6 Å². The molecule has 2 aromatic heterocycles. The van der Waals surface area contributed by atoms with Crippen molar-refractivity contribution in [3.05, 3.63) is 62.6 Å². The molecule has 0 atom stereocenters. The Balaban J connectivity index is 1.56. The number of amides is 1. The van der Waals surface area contributed by atoms with Gasteiger partial charge in [-0.25, -0.2) is 0 Å². The number of nitro benzene ring substituents is 1. The number of carbonyl (C=O) groups excluding carboxylic acids is 1. The number of nitrogens with zero attached hydrogens (tertiary/aromatic N) is 4. The van der Waals surface area contributed by atoms with Crippen molar-refractivity contribution < 1.29 is 9.72 Å². The summed E-state index contributed by atoms with van der Waals surface area (Å²) in [6, 6.07) is 8.98. The van der Waals surface area contributed by atoms with Gasteiger partial charge in [-0.15, -0.1) is 11.3 Å². The molecule has 0 spiro atoms. The number of aromatic nitrogens is 1. The fraction of sp³-hybridized carbons (Fsp3) is 0.263. The van der Waals surface area contributed by atoms with E-state index in [4.69, 9.17) is 0 Å². The van der Waals surface area contributed by atoms with Gasteiger partial charge in [-0.2, -0.15) is 0 Å². The first-order chi connectivity index (χ1) is 13.0. The number of anilines is 1. The number of carbonyl (C=O) groups is 1. The zero-order valence-electron chi connectivity index (χ0n) is 14.8. The SMILES string of the molecule is Cc1ccc(C(=O)N2CCN(c3ccc([N+](=O)[O-])c4cnccc34)CC2)s1. The number of aryl methyl sites for hydroxylation is 1. The standard InChI is InChI=1S/C19H18N4O3S/c1-13-2-5-18(27-13)19(24)22-10-8-21(9-11-22)16-3-4-17(23(25)26)15-12-20-7-6-14(15)16/h2-7,12H,8-11H2,1H3. The number of thiophene rings is 1. The van der Waals surface area contributed by atoms with Gasteiger partial charge in [-0.3, -0.25) is 19.9 Å². The fourth-order valence-corrected chi connectivity index (χ4v) is 4.29. The molecule has 1 aliphatic heterocycles.